The first-order valence-corrected chi connectivity index (χ1v) is 7.42. The fourth-order valence-corrected chi connectivity index (χ4v) is 2.36. The van der Waals surface area contributed by atoms with Crippen molar-refractivity contribution in [3.63, 3.8) is 0 Å². The number of ether oxygens (including phenoxy) is 1. The quantitative estimate of drug-likeness (QED) is 0.824. The van der Waals surface area contributed by atoms with Crippen molar-refractivity contribution in [1.29, 1.82) is 0 Å². The Morgan fingerprint density at radius 3 is 2.55 bits per heavy atom. The maximum absolute atomic E-state index is 10.7. The summed E-state index contributed by atoms with van der Waals surface area (Å²) in [5.41, 5.74) is 7.22. The molecule has 0 aliphatic carbocycles. The molecule has 0 aliphatic rings. The summed E-state index contributed by atoms with van der Waals surface area (Å²) in [4.78, 5) is 10.7. The summed E-state index contributed by atoms with van der Waals surface area (Å²) in [6.45, 7) is 2.68. The van der Waals surface area contributed by atoms with Crippen molar-refractivity contribution in [2.45, 2.75) is 19.5 Å². The van der Waals surface area contributed by atoms with Crippen LogP contribution in [0.4, 0.5) is 0 Å². The van der Waals surface area contributed by atoms with Crippen LogP contribution in [0, 0.1) is 0 Å². The second-order valence-electron chi connectivity index (χ2n) is 5.02. The number of carbonyl (C=O) groups excluding carboxylic acids is 1. The molecule has 3 N–H and O–H groups in total. The van der Waals surface area contributed by atoms with Gasteiger partial charge in [-0.15, -0.1) is 0 Å². The standard InChI is InChI=1S/C17H19ClN2O2/c1-12(15-4-2-3-5-16(15)18)20-10-13-6-8-14(9-7-13)22-11-17(19)21/h2-9,12,20H,10-11H2,1H3,(H2,19,21). The summed E-state index contributed by atoms with van der Waals surface area (Å²) in [7, 11) is 0. The van der Waals surface area contributed by atoms with E-state index in [1.165, 1.54) is 0 Å². The van der Waals surface area contributed by atoms with Gasteiger partial charge in [0.25, 0.3) is 5.91 Å². The molecule has 1 atom stereocenters. The van der Waals surface area contributed by atoms with E-state index in [9.17, 15) is 4.79 Å². The molecule has 2 rings (SSSR count). The van der Waals surface area contributed by atoms with Crippen LogP contribution in [0.1, 0.15) is 24.1 Å². The van der Waals surface area contributed by atoms with Gasteiger partial charge in [0.1, 0.15) is 5.75 Å². The highest BCUT2D eigenvalue weighted by molar-refractivity contribution is 6.31. The van der Waals surface area contributed by atoms with Gasteiger partial charge in [-0.05, 0) is 36.2 Å². The molecule has 5 heteroatoms. The van der Waals surface area contributed by atoms with Crippen LogP contribution < -0.4 is 15.8 Å². The van der Waals surface area contributed by atoms with Crippen LogP contribution in [0.15, 0.2) is 48.5 Å². The van der Waals surface area contributed by atoms with Crippen LogP contribution in [0.3, 0.4) is 0 Å². The first-order valence-electron chi connectivity index (χ1n) is 7.04. The van der Waals surface area contributed by atoms with Crippen molar-refractivity contribution in [2.75, 3.05) is 6.61 Å². The lowest BCUT2D eigenvalue weighted by atomic mass is 10.1. The lowest BCUT2D eigenvalue weighted by molar-refractivity contribution is -0.119. The fraction of sp³-hybridized carbons (Fsp3) is 0.235. The second kappa shape index (κ2) is 7.82. The Morgan fingerprint density at radius 1 is 1.23 bits per heavy atom. The maximum atomic E-state index is 10.7. The summed E-state index contributed by atoms with van der Waals surface area (Å²) in [6.07, 6.45) is 0. The van der Waals surface area contributed by atoms with E-state index in [4.69, 9.17) is 22.1 Å². The van der Waals surface area contributed by atoms with Crippen LogP contribution in [0.25, 0.3) is 0 Å². The SMILES string of the molecule is CC(NCc1ccc(OCC(N)=O)cc1)c1ccccc1Cl. The average Bonchev–Trinajstić information content (AvgIpc) is 2.52. The Hall–Kier alpha value is -2.04. The van der Waals surface area contributed by atoms with E-state index in [0.717, 1.165) is 16.1 Å². The molecule has 0 bridgehead atoms. The highest BCUT2D eigenvalue weighted by atomic mass is 35.5. The third-order valence-electron chi connectivity index (χ3n) is 3.29. The van der Waals surface area contributed by atoms with Crippen LogP contribution in [-0.2, 0) is 11.3 Å². The maximum Gasteiger partial charge on any atom is 0.255 e. The number of carbonyl (C=O) groups is 1. The molecule has 0 aromatic heterocycles. The van der Waals surface area contributed by atoms with Crippen molar-refractivity contribution in [3.8, 4) is 5.75 Å². The van der Waals surface area contributed by atoms with Crippen LogP contribution in [-0.4, -0.2) is 12.5 Å². The van der Waals surface area contributed by atoms with Gasteiger partial charge in [-0.3, -0.25) is 4.79 Å². The molecule has 0 aliphatic heterocycles. The Bertz CT molecular complexity index is 629. The molecule has 1 unspecified atom stereocenters. The number of benzene rings is 2. The lowest BCUT2D eigenvalue weighted by Crippen LogP contribution is -2.20. The molecule has 2 aromatic carbocycles. The molecule has 116 valence electrons. The average molecular weight is 319 g/mol. The van der Waals surface area contributed by atoms with Crippen LogP contribution >= 0.6 is 11.6 Å². The van der Waals surface area contributed by atoms with Gasteiger partial charge >= 0.3 is 0 Å². The summed E-state index contributed by atoms with van der Waals surface area (Å²) in [5, 5.41) is 4.19. The minimum absolute atomic E-state index is 0.110. The highest BCUT2D eigenvalue weighted by Crippen LogP contribution is 2.22. The first kappa shape index (κ1) is 16.3. The van der Waals surface area contributed by atoms with Gasteiger partial charge in [0, 0.05) is 17.6 Å². The number of primary amides is 1. The molecule has 4 nitrogen and oxygen atoms in total. The molecule has 2 aromatic rings. The van der Waals surface area contributed by atoms with Gasteiger partial charge in [-0.1, -0.05) is 41.9 Å². The zero-order valence-corrected chi connectivity index (χ0v) is 13.1. The highest BCUT2D eigenvalue weighted by Gasteiger charge is 2.08. The number of amides is 1. The van der Waals surface area contributed by atoms with E-state index >= 15 is 0 Å². The lowest BCUT2D eigenvalue weighted by Gasteiger charge is -2.16. The number of halogens is 1. The van der Waals surface area contributed by atoms with E-state index in [1.807, 2.05) is 48.5 Å². The van der Waals surface area contributed by atoms with Gasteiger partial charge in [0.2, 0.25) is 0 Å². The Morgan fingerprint density at radius 2 is 1.91 bits per heavy atom. The van der Waals surface area contributed by atoms with Gasteiger partial charge in [0.15, 0.2) is 6.61 Å². The predicted molar refractivity (Wildman–Crippen MR) is 87.8 cm³/mol. The number of nitrogens with one attached hydrogen (secondary N) is 1. The zero-order valence-electron chi connectivity index (χ0n) is 12.4. The summed E-state index contributed by atoms with van der Waals surface area (Å²) < 4.78 is 5.22. The summed E-state index contributed by atoms with van der Waals surface area (Å²) >= 11 is 6.19. The third-order valence-corrected chi connectivity index (χ3v) is 3.63. The molecule has 0 heterocycles. The molecule has 0 saturated carbocycles. The van der Waals surface area contributed by atoms with Crippen molar-refractivity contribution >= 4 is 17.5 Å². The fourth-order valence-electron chi connectivity index (χ4n) is 2.07. The number of rotatable bonds is 7. The molecular formula is C17H19ClN2O2. The van der Waals surface area contributed by atoms with Gasteiger partial charge < -0.3 is 15.8 Å². The molecule has 22 heavy (non-hydrogen) atoms. The summed E-state index contributed by atoms with van der Waals surface area (Å²) in [5.74, 6) is 0.140. The number of hydrogen-bond acceptors (Lipinski definition) is 3. The van der Waals surface area contributed by atoms with Crippen molar-refractivity contribution in [3.05, 3.63) is 64.7 Å². The van der Waals surface area contributed by atoms with Crippen LogP contribution in [0.2, 0.25) is 5.02 Å². The zero-order chi connectivity index (χ0) is 15.9. The van der Waals surface area contributed by atoms with Gasteiger partial charge in [0.05, 0.1) is 0 Å². The number of nitrogens with two attached hydrogens (primary N) is 1. The van der Waals surface area contributed by atoms with Gasteiger partial charge in [-0.25, -0.2) is 0 Å². The second-order valence-corrected chi connectivity index (χ2v) is 5.43. The Balaban J connectivity index is 1.89. The molecule has 0 spiro atoms. The minimum atomic E-state index is -0.487. The van der Waals surface area contributed by atoms with Crippen molar-refractivity contribution < 1.29 is 9.53 Å². The summed E-state index contributed by atoms with van der Waals surface area (Å²) in [6, 6.07) is 15.5. The van der Waals surface area contributed by atoms with E-state index < -0.39 is 5.91 Å². The molecule has 0 saturated heterocycles. The van der Waals surface area contributed by atoms with E-state index in [1.54, 1.807) is 0 Å². The topological polar surface area (TPSA) is 64.3 Å². The van der Waals surface area contributed by atoms with E-state index in [0.29, 0.717) is 12.3 Å². The van der Waals surface area contributed by atoms with Crippen molar-refractivity contribution in [1.82, 2.24) is 5.32 Å². The normalized spacial score (nSPS) is 11.9. The number of hydrogen-bond donors (Lipinski definition) is 2. The largest absolute Gasteiger partial charge is 0.484 e. The van der Waals surface area contributed by atoms with Crippen molar-refractivity contribution in [2.24, 2.45) is 5.73 Å². The molecule has 0 radical (unpaired) electrons. The molecule has 0 fully saturated rings. The first-order chi connectivity index (χ1) is 10.6. The van der Waals surface area contributed by atoms with Crippen LogP contribution in [0.5, 0.6) is 5.75 Å². The van der Waals surface area contributed by atoms with E-state index in [-0.39, 0.29) is 12.6 Å². The van der Waals surface area contributed by atoms with E-state index in [2.05, 4.69) is 12.2 Å². The molecule has 1 amide bonds. The Kier molecular flexibility index (Phi) is 5.81. The Labute approximate surface area is 135 Å². The smallest absolute Gasteiger partial charge is 0.255 e. The molecular weight excluding hydrogens is 300 g/mol. The predicted octanol–water partition coefficient (Wildman–Crippen LogP) is 3.05. The minimum Gasteiger partial charge on any atom is -0.484 e. The monoisotopic (exact) mass is 318 g/mol. The van der Waals surface area contributed by atoms with Gasteiger partial charge in [-0.2, -0.15) is 0 Å². The third kappa shape index (κ3) is 4.76.